The van der Waals surface area contributed by atoms with Crippen molar-refractivity contribution in [2.45, 2.75) is 32.6 Å². The molecule has 0 aliphatic carbocycles. The van der Waals surface area contributed by atoms with E-state index in [2.05, 4.69) is 25.3 Å². The molecule has 1 aromatic carbocycles. The molecule has 0 saturated heterocycles. The van der Waals surface area contributed by atoms with Crippen LogP contribution in [0, 0.1) is 0 Å². The molecule has 1 aliphatic rings. The number of aliphatic imine (C=N–C) groups is 1. The molecule has 10 heteroatoms. The molecule has 8 nitrogen and oxygen atoms in total. The van der Waals surface area contributed by atoms with Crippen molar-refractivity contribution in [3.63, 3.8) is 0 Å². The number of rotatable bonds is 11. The molecule has 0 fully saturated rings. The minimum Gasteiger partial charge on any atom is -0.454 e. The highest BCUT2D eigenvalue weighted by Gasteiger charge is 2.20. The van der Waals surface area contributed by atoms with Crippen molar-refractivity contribution in [3.8, 4) is 17.2 Å². The van der Waals surface area contributed by atoms with Crippen LogP contribution < -0.4 is 24.8 Å². The molecule has 0 aromatic heterocycles. The van der Waals surface area contributed by atoms with E-state index in [-0.39, 0.29) is 25.2 Å². The van der Waals surface area contributed by atoms with Crippen molar-refractivity contribution < 1.29 is 27.7 Å². The fraction of sp³-hybridized carbons (Fsp3) is 0.632. The molecule has 0 amide bonds. The molecule has 2 N–H and O–H groups in total. The number of hydrogen-bond donors (Lipinski definition) is 2. The number of alkyl halides is 2. The van der Waals surface area contributed by atoms with Crippen LogP contribution in [0.4, 0.5) is 8.78 Å². The largest absolute Gasteiger partial charge is 0.454 e. The lowest BCUT2D eigenvalue weighted by atomic mass is 10.1. The Bertz CT molecular complexity index is 674. The average molecular weight is 416 g/mol. The van der Waals surface area contributed by atoms with Gasteiger partial charge in [0.25, 0.3) is 0 Å². The molecule has 29 heavy (non-hydrogen) atoms. The Morgan fingerprint density at radius 1 is 1.24 bits per heavy atom. The van der Waals surface area contributed by atoms with Gasteiger partial charge in [-0.1, -0.05) is 0 Å². The van der Waals surface area contributed by atoms with E-state index in [4.69, 9.17) is 14.2 Å². The van der Waals surface area contributed by atoms with Crippen LogP contribution in [0.3, 0.4) is 0 Å². The summed E-state index contributed by atoms with van der Waals surface area (Å²) in [6.45, 7) is 1.39. The second-order valence-corrected chi connectivity index (χ2v) is 6.67. The van der Waals surface area contributed by atoms with Crippen molar-refractivity contribution in [1.82, 2.24) is 15.5 Å². The molecule has 1 aromatic rings. The summed E-state index contributed by atoms with van der Waals surface area (Å²) in [6.07, 6.45) is 0.906. The second-order valence-electron chi connectivity index (χ2n) is 6.67. The lowest BCUT2D eigenvalue weighted by Gasteiger charge is -2.21. The van der Waals surface area contributed by atoms with Crippen LogP contribution in [-0.2, 0) is 11.3 Å². The highest BCUT2D eigenvalue weighted by Crippen LogP contribution is 2.38. The average Bonchev–Trinajstić information content (AvgIpc) is 3.12. The standard InChI is InChI=1S/C19H30F2N4O4/c1-5-26-14(6-7-25(3)4)11-24-19(22-2)23-10-13-8-16-17(28-12-27-16)9-15(13)29-18(20)21/h8-9,14,18H,5-7,10-12H2,1-4H3,(H2,22,23,24). The maximum absolute atomic E-state index is 12.8. The third-order valence-electron chi connectivity index (χ3n) is 4.24. The molecule has 1 atom stereocenters. The molecule has 1 unspecified atom stereocenters. The van der Waals surface area contributed by atoms with Gasteiger partial charge in [0, 0.05) is 44.9 Å². The Hall–Kier alpha value is -2.33. The Morgan fingerprint density at radius 3 is 2.59 bits per heavy atom. The first kappa shape index (κ1) is 23.0. The molecule has 2 rings (SSSR count). The van der Waals surface area contributed by atoms with E-state index >= 15 is 0 Å². The van der Waals surface area contributed by atoms with Crippen molar-refractivity contribution in [2.75, 3.05) is 47.6 Å². The fourth-order valence-electron chi connectivity index (χ4n) is 2.80. The van der Waals surface area contributed by atoms with Gasteiger partial charge in [0.2, 0.25) is 6.79 Å². The van der Waals surface area contributed by atoms with E-state index in [0.29, 0.717) is 36.2 Å². The lowest BCUT2D eigenvalue weighted by molar-refractivity contribution is -0.0505. The molecule has 1 aliphatic heterocycles. The van der Waals surface area contributed by atoms with Crippen LogP contribution in [0.1, 0.15) is 18.9 Å². The molecular weight excluding hydrogens is 386 g/mol. The Kier molecular flexibility index (Phi) is 9.20. The first-order valence-electron chi connectivity index (χ1n) is 9.51. The number of hydrogen-bond acceptors (Lipinski definition) is 6. The second kappa shape index (κ2) is 11.6. The highest BCUT2D eigenvalue weighted by molar-refractivity contribution is 5.79. The van der Waals surface area contributed by atoms with Crippen LogP contribution >= 0.6 is 0 Å². The normalized spacial score (nSPS) is 14.4. The van der Waals surface area contributed by atoms with Crippen molar-refractivity contribution in [3.05, 3.63) is 17.7 Å². The van der Waals surface area contributed by atoms with Gasteiger partial charge in [0.05, 0.1) is 6.10 Å². The SMILES string of the molecule is CCOC(CCN(C)C)CNC(=NC)NCc1cc2c(cc1OC(F)F)OCO2. The quantitative estimate of drug-likeness (QED) is 0.422. The van der Waals surface area contributed by atoms with Gasteiger partial charge in [0.15, 0.2) is 17.5 Å². The van der Waals surface area contributed by atoms with Crippen LogP contribution in [-0.4, -0.2) is 71.2 Å². The summed E-state index contributed by atoms with van der Waals surface area (Å²) in [5.41, 5.74) is 0.506. The van der Waals surface area contributed by atoms with E-state index < -0.39 is 6.61 Å². The Balaban J connectivity index is 1.96. The molecule has 0 spiro atoms. The first-order chi connectivity index (χ1) is 13.9. The van der Waals surface area contributed by atoms with E-state index in [1.165, 1.54) is 6.07 Å². The number of ether oxygens (including phenoxy) is 4. The molecule has 0 saturated carbocycles. The number of fused-ring (bicyclic) bond motifs is 1. The van der Waals surface area contributed by atoms with Crippen molar-refractivity contribution in [1.29, 1.82) is 0 Å². The van der Waals surface area contributed by atoms with Crippen molar-refractivity contribution >= 4 is 5.96 Å². The van der Waals surface area contributed by atoms with E-state index in [9.17, 15) is 8.78 Å². The summed E-state index contributed by atoms with van der Waals surface area (Å²) in [5, 5.41) is 6.32. The Morgan fingerprint density at radius 2 is 1.97 bits per heavy atom. The van der Waals surface area contributed by atoms with Crippen molar-refractivity contribution in [2.24, 2.45) is 4.99 Å². The molecular formula is C19H30F2N4O4. The zero-order chi connectivity index (χ0) is 21.2. The van der Waals surface area contributed by atoms with Gasteiger partial charge in [-0.2, -0.15) is 8.78 Å². The van der Waals surface area contributed by atoms with E-state index in [0.717, 1.165) is 13.0 Å². The summed E-state index contributed by atoms with van der Waals surface area (Å²) in [7, 11) is 5.67. The van der Waals surface area contributed by atoms with E-state index in [1.807, 2.05) is 21.0 Å². The summed E-state index contributed by atoms with van der Waals surface area (Å²) >= 11 is 0. The number of nitrogens with zero attached hydrogens (tertiary/aromatic N) is 2. The summed E-state index contributed by atoms with van der Waals surface area (Å²) in [4.78, 5) is 6.28. The van der Waals surface area contributed by atoms with Crippen LogP contribution in [0.2, 0.25) is 0 Å². The van der Waals surface area contributed by atoms with Gasteiger partial charge in [-0.15, -0.1) is 0 Å². The Labute approximate surface area is 170 Å². The fourth-order valence-corrected chi connectivity index (χ4v) is 2.80. The molecule has 164 valence electrons. The van der Waals surface area contributed by atoms with Gasteiger partial charge in [-0.05, 0) is 33.5 Å². The smallest absolute Gasteiger partial charge is 0.387 e. The highest BCUT2D eigenvalue weighted by atomic mass is 19.3. The predicted molar refractivity (Wildman–Crippen MR) is 106 cm³/mol. The first-order valence-corrected chi connectivity index (χ1v) is 9.51. The van der Waals surface area contributed by atoms with Gasteiger partial charge in [-0.25, -0.2) is 0 Å². The number of guanidine groups is 1. The minimum atomic E-state index is -2.93. The molecule has 0 radical (unpaired) electrons. The zero-order valence-corrected chi connectivity index (χ0v) is 17.3. The summed E-state index contributed by atoms with van der Waals surface area (Å²) < 4.78 is 46.5. The van der Waals surface area contributed by atoms with Gasteiger partial charge in [-0.3, -0.25) is 4.99 Å². The molecule has 1 heterocycles. The lowest BCUT2D eigenvalue weighted by Crippen LogP contribution is -2.42. The maximum Gasteiger partial charge on any atom is 0.387 e. The third kappa shape index (κ3) is 7.54. The predicted octanol–water partition coefficient (Wildman–Crippen LogP) is 2.04. The zero-order valence-electron chi connectivity index (χ0n) is 17.3. The minimum absolute atomic E-state index is 0.0317. The van der Waals surface area contributed by atoms with Crippen LogP contribution in [0.5, 0.6) is 17.2 Å². The summed E-state index contributed by atoms with van der Waals surface area (Å²) in [5.74, 6) is 1.43. The van der Waals surface area contributed by atoms with Gasteiger partial charge >= 0.3 is 6.61 Å². The monoisotopic (exact) mass is 416 g/mol. The van der Waals surface area contributed by atoms with Gasteiger partial charge < -0.3 is 34.5 Å². The summed E-state index contributed by atoms with van der Waals surface area (Å²) in [6, 6.07) is 3.04. The van der Waals surface area contributed by atoms with Crippen LogP contribution in [0.25, 0.3) is 0 Å². The third-order valence-corrected chi connectivity index (χ3v) is 4.24. The number of halogens is 2. The van der Waals surface area contributed by atoms with Crippen LogP contribution in [0.15, 0.2) is 17.1 Å². The maximum atomic E-state index is 12.8. The van der Waals surface area contributed by atoms with E-state index in [1.54, 1.807) is 13.1 Å². The topological polar surface area (TPSA) is 76.6 Å². The number of benzene rings is 1. The number of nitrogens with one attached hydrogen (secondary N) is 2. The van der Waals surface area contributed by atoms with Gasteiger partial charge in [0.1, 0.15) is 5.75 Å². The molecule has 0 bridgehead atoms.